The lowest BCUT2D eigenvalue weighted by Crippen LogP contribution is -2.39. The lowest BCUT2D eigenvalue weighted by Gasteiger charge is -2.09. The number of primary amides is 1. The van der Waals surface area contributed by atoms with E-state index < -0.39 is 17.9 Å². The summed E-state index contributed by atoms with van der Waals surface area (Å²) in [6, 6.07) is 3.42. The largest absolute Gasteiger partial charge is 0.508 e. The highest BCUT2D eigenvalue weighted by atomic mass is 16.3. The predicted molar refractivity (Wildman–Crippen MR) is 57.3 cm³/mol. The van der Waals surface area contributed by atoms with Crippen molar-refractivity contribution in [3.05, 3.63) is 23.8 Å². The summed E-state index contributed by atoms with van der Waals surface area (Å²) in [5.41, 5.74) is 4.62. The van der Waals surface area contributed by atoms with Crippen molar-refractivity contribution in [2.45, 2.75) is 6.10 Å². The SMILES string of the molecule is NC(=O)C(O)CNC(=O)c1cc(O)ccc1O. The second-order valence-electron chi connectivity index (χ2n) is 3.33. The van der Waals surface area contributed by atoms with E-state index in [1.807, 2.05) is 0 Å². The number of aliphatic hydroxyl groups is 1. The first-order chi connectivity index (χ1) is 7.91. The van der Waals surface area contributed by atoms with Crippen LogP contribution in [-0.4, -0.2) is 39.8 Å². The zero-order chi connectivity index (χ0) is 13.0. The fourth-order valence-electron chi connectivity index (χ4n) is 1.09. The Morgan fingerprint density at radius 2 is 2.00 bits per heavy atom. The van der Waals surface area contributed by atoms with E-state index in [1.165, 1.54) is 6.07 Å². The molecule has 0 radical (unpaired) electrons. The minimum atomic E-state index is -1.50. The number of carbonyl (C=O) groups is 2. The Hall–Kier alpha value is -2.28. The van der Waals surface area contributed by atoms with Crippen LogP contribution in [0.5, 0.6) is 11.5 Å². The molecule has 0 spiro atoms. The molecule has 0 aliphatic rings. The monoisotopic (exact) mass is 240 g/mol. The van der Waals surface area contributed by atoms with Crippen molar-refractivity contribution < 1.29 is 24.9 Å². The fourth-order valence-corrected chi connectivity index (χ4v) is 1.09. The van der Waals surface area contributed by atoms with Crippen LogP contribution in [0.2, 0.25) is 0 Å². The molecule has 6 N–H and O–H groups in total. The van der Waals surface area contributed by atoms with Gasteiger partial charge >= 0.3 is 0 Å². The maximum absolute atomic E-state index is 11.5. The zero-order valence-corrected chi connectivity index (χ0v) is 8.75. The number of hydrogen-bond acceptors (Lipinski definition) is 5. The van der Waals surface area contributed by atoms with Gasteiger partial charge in [0.2, 0.25) is 5.91 Å². The predicted octanol–water partition coefficient (Wildman–Crippen LogP) is -1.33. The molecule has 1 aromatic carbocycles. The van der Waals surface area contributed by atoms with Crippen LogP contribution in [0.25, 0.3) is 0 Å². The van der Waals surface area contributed by atoms with Crippen molar-refractivity contribution in [3.8, 4) is 11.5 Å². The van der Waals surface area contributed by atoms with Gasteiger partial charge in [0.1, 0.15) is 17.6 Å². The second kappa shape index (κ2) is 5.17. The quantitative estimate of drug-likeness (QED) is 0.416. The van der Waals surface area contributed by atoms with E-state index in [2.05, 4.69) is 5.32 Å². The van der Waals surface area contributed by atoms with E-state index in [0.717, 1.165) is 12.1 Å². The molecule has 0 aromatic heterocycles. The number of nitrogens with one attached hydrogen (secondary N) is 1. The molecule has 0 saturated heterocycles. The number of phenolic OH excluding ortho intramolecular Hbond substituents is 2. The summed E-state index contributed by atoms with van der Waals surface area (Å²) in [6.45, 7) is -0.372. The normalized spacial score (nSPS) is 11.8. The Bertz CT molecular complexity index is 446. The van der Waals surface area contributed by atoms with Gasteiger partial charge in [0.05, 0.1) is 12.1 Å². The Morgan fingerprint density at radius 1 is 1.35 bits per heavy atom. The van der Waals surface area contributed by atoms with Gasteiger partial charge in [0.15, 0.2) is 0 Å². The highest BCUT2D eigenvalue weighted by Gasteiger charge is 2.15. The first kappa shape index (κ1) is 12.8. The lowest BCUT2D eigenvalue weighted by molar-refractivity contribution is -0.125. The fraction of sp³-hybridized carbons (Fsp3) is 0.200. The van der Waals surface area contributed by atoms with Crippen molar-refractivity contribution in [1.29, 1.82) is 0 Å². The van der Waals surface area contributed by atoms with Crippen LogP contribution in [0.3, 0.4) is 0 Å². The van der Waals surface area contributed by atoms with E-state index in [-0.39, 0.29) is 23.6 Å². The van der Waals surface area contributed by atoms with Gasteiger partial charge in [-0.15, -0.1) is 0 Å². The summed E-state index contributed by atoms with van der Waals surface area (Å²) in [5, 5.41) is 29.7. The molecular formula is C10H12N2O5. The number of rotatable bonds is 4. The molecule has 0 aliphatic carbocycles. The number of nitrogens with two attached hydrogens (primary N) is 1. The lowest BCUT2D eigenvalue weighted by atomic mass is 10.1. The molecule has 0 bridgehead atoms. The Labute approximate surface area is 96.5 Å². The average molecular weight is 240 g/mol. The highest BCUT2D eigenvalue weighted by Crippen LogP contribution is 2.21. The maximum Gasteiger partial charge on any atom is 0.255 e. The Kier molecular flexibility index (Phi) is 3.89. The van der Waals surface area contributed by atoms with Gasteiger partial charge in [-0.2, -0.15) is 0 Å². The summed E-state index contributed by atoms with van der Waals surface area (Å²) in [4.78, 5) is 22.0. The molecule has 1 rings (SSSR count). The van der Waals surface area contributed by atoms with Crippen LogP contribution in [0.1, 0.15) is 10.4 Å². The van der Waals surface area contributed by atoms with Crippen LogP contribution >= 0.6 is 0 Å². The molecule has 2 amide bonds. The molecule has 7 nitrogen and oxygen atoms in total. The van der Waals surface area contributed by atoms with E-state index in [0.29, 0.717) is 0 Å². The van der Waals surface area contributed by atoms with E-state index >= 15 is 0 Å². The molecule has 7 heteroatoms. The zero-order valence-electron chi connectivity index (χ0n) is 8.75. The summed E-state index contributed by atoms with van der Waals surface area (Å²) in [6.07, 6.45) is -1.50. The standard InChI is InChI=1S/C10H12N2O5/c11-9(16)8(15)4-12-10(17)6-3-5(13)1-2-7(6)14/h1-3,8,13-15H,4H2,(H2,11,16)(H,12,17). The molecule has 1 aromatic rings. The van der Waals surface area contributed by atoms with Crippen LogP contribution < -0.4 is 11.1 Å². The third-order valence-electron chi connectivity index (χ3n) is 2.01. The van der Waals surface area contributed by atoms with Crippen molar-refractivity contribution in [3.63, 3.8) is 0 Å². The molecule has 0 fully saturated rings. The maximum atomic E-state index is 11.5. The van der Waals surface area contributed by atoms with Crippen LogP contribution in [0, 0.1) is 0 Å². The highest BCUT2D eigenvalue weighted by molar-refractivity contribution is 5.97. The van der Waals surface area contributed by atoms with E-state index in [9.17, 15) is 14.7 Å². The van der Waals surface area contributed by atoms with Crippen LogP contribution in [-0.2, 0) is 4.79 Å². The Morgan fingerprint density at radius 3 is 2.59 bits per heavy atom. The third-order valence-corrected chi connectivity index (χ3v) is 2.01. The summed E-state index contributed by atoms with van der Waals surface area (Å²) < 4.78 is 0. The minimum absolute atomic E-state index is 0.165. The van der Waals surface area contributed by atoms with E-state index in [1.54, 1.807) is 0 Å². The van der Waals surface area contributed by atoms with Gasteiger partial charge in [-0.25, -0.2) is 0 Å². The number of benzene rings is 1. The van der Waals surface area contributed by atoms with E-state index in [4.69, 9.17) is 15.9 Å². The number of amides is 2. The Balaban J connectivity index is 2.70. The summed E-state index contributed by atoms with van der Waals surface area (Å²) in [5.74, 6) is -2.22. The van der Waals surface area contributed by atoms with Crippen molar-refractivity contribution in [2.75, 3.05) is 6.54 Å². The molecule has 17 heavy (non-hydrogen) atoms. The van der Waals surface area contributed by atoms with Gasteiger partial charge in [-0.1, -0.05) is 0 Å². The molecule has 0 aliphatic heterocycles. The number of hydrogen-bond donors (Lipinski definition) is 5. The molecule has 92 valence electrons. The smallest absolute Gasteiger partial charge is 0.255 e. The van der Waals surface area contributed by atoms with Gasteiger partial charge in [0, 0.05) is 0 Å². The first-order valence-corrected chi connectivity index (χ1v) is 4.69. The number of carbonyl (C=O) groups excluding carboxylic acids is 2. The third kappa shape index (κ3) is 3.35. The van der Waals surface area contributed by atoms with Gasteiger partial charge in [-0.05, 0) is 18.2 Å². The molecule has 1 atom stereocenters. The molecule has 0 saturated carbocycles. The van der Waals surface area contributed by atoms with Crippen molar-refractivity contribution in [1.82, 2.24) is 5.32 Å². The summed E-state index contributed by atoms with van der Waals surface area (Å²) in [7, 11) is 0. The average Bonchev–Trinajstić information content (AvgIpc) is 2.28. The number of aliphatic hydroxyl groups excluding tert-OH is 1. The van der Waals surface area contributed by atoms with Crippen LogP contribution in [0.15, 0.2) is 18.2 Å². The topological polar surface area (TPSA) is 133 Å². The van der Waals surface area contributed by atoms with Gasteiger partial charge in [-0.3, -0.25) is 9.59 Å². The second-order valence-corrected chi connectivity index (χ2v) is 3.33. The van der Waals surface area contributed by atoms with Crippen molar-refractivity contribution in [2.24, 2.45) is 5.73 Å². The molecule has 0 heterocycles. The summed E-state index contributed by atoms with van der Waals surface area (Å²) >= 11 is 0. The molecular weight excluding hydrogens is 228 g/mol. The molecule has 1 unspecified atom stereocenters. The van der Waals surface area contributed by atoms with Gasteiger partial charge < -0.3 is 26.4 Å². The number of aromatic hydroxyl groups is 2. The van der Waals surface area contributed by atoms with Gasteiger partial charge in [0.25, 0.3) is 5.91 Å². The van der Waals surface area contributed by atoms with Crippen molar-refractivity contribution >= 4 is 11.8 Å². The first-order valence-electron chi connectivity index (χ1n) is 4.69. The minimum Gasteiger partial charge on any atom is -0.508 e. The van der Waals surface area contributed by atoms with Crippen LogP contribution in [0.4, 0.5) is 0 Å². The number of phenols is 2.